The van der Waals surface area contributed by atoms with Gasteiger partial charge in [0.05, 0.1) is 23.9 Å². The molecule has 1 aliphatic carbocycles. The summed E-state index contributed by atoms with van der Waals surface area (Å²) in [5, 5.41) is 0. The minimum atomic E-state index is -0.542. The Balaban J connectivity index is 1.70. The second kappa shape index (κ2) is 6.78. The molecule has 0 atom stereocenters. The number of benzene rings is 1. The van der Waals surface area contributed by atoms with Crippen LogP contribution in [-0.2, 0) is 20.7 Å². The third kappa shape index (κ3) is 3.84. The van der Waals surface area contributed by atoms with Crippen LogP contribution < -0.4 is 5.46 Å². The van der Waals surface area contributed by atoms with Crippen molar-refractivity contribution in [2.24, 2.45) is 0 Å². The minimum absolute atomic E-state index is 0.274. The van der Waals surface area contributed by atoms with Gasteiger partial charge in [-0.3, -0.25) is 0 Å². The minimum Gasteiger partial charge on any atom is -0.399 e. The number of ether oxygens (including phenoxy) is 1. The predicted molar refractivity (Wildman–Crippen MR) is 93.8 cm³/mol. The van der Waals surface area contributed by atoms with Gasteiger partial charge in [0.1, 0.15) is 5.82 Å². The van der Waals surface area contributed by atoms with Crippen molar-refractivity contribution in [2.75, 3.05) is 0 Å². The van der Waals surface area contributed by atoms with Gasteiger partial charge in [-0.05, 0) is 63.7 Å². The highest BCUT2D eigenvalue weighted by Crippen LogP contribution is 2.36. The predicted octanol–water partition coefficient (Wildman–Crippen LogP) is 3.97. The van der Waals surface area contributed by atoms with E-state index in [1.165, 1.54) is 31.4 Å². The molecule has 132 valence electrons. The van der Waals surface area contributed by atoms with E-state index < -0.39 is 18.3 Å². The average molecular weight is 334 g/mol. The summed E-state index contributed by atoms with van der Waals surface area (Å²) in [6.45, 7) is 8.44. The highest BCUT2D eigenvalue weighted by molar-refractivity contribution is 6.62. The number of halogens is 1. The standard InChI is InChI=1S/C19H28BFO3/c1-18(2)19(3,4)24-20(23-18)15-10-14(11-16(21)12-15)13-22-17-8-6-5-7-9-17/h10-12,17H,5-9,13H2,1-4H3. The van der Waals surface area contributed by atoms with Gasteiger partial charge in [-0.2, -0.15) is 0 Å². The quantitative estimate of drug-likeness (QED) is 0.780. The molecule has 1 saturated carbocycles. The van der Waals surface area contributed by atoms with Crippen LogP contribution in [0.25, 0.3) is 0 Å². The summed E-state index contributed by atoms with van der Waals surface area (Å²) in [6, 6.07) is 4.97. The highest BCUT2D eigenvalue weighted by Gasteiger charge is 2.51. The van der Waals surface area contributed by atoms with E-state index in [0.29, 0.717) is 12.7 Å². The molecule has 1 heterocycles. The van der Waals surface area contributed by atoms with Crippen molar-refractivity contribution in [1.29, 1.82) is 0 Å². The lowest BCUT2D eigenvalue weighted by molar-refractivity contribution is 0.00578. The molecule has 5 heteroatoms. The summed E-state index contributed by atoms with van der Waals surface area (Å²) in [7, 11) is -0.542. The third-order valence-electron chi connectivity index (χ3n) is 5.54. The molecule has 0 radical (unpaired) electrons. The summed E-state index contributed by atoms with van der Waals surface area (Å²) in [6.07, 6.45) is 6.28. The maximum atomic E-state index is 14.1. The Kier molecular flexibility index (Phi) is 5.05. The smallest absolute Gasteiger partial charge is 0.399 e. The molecule has 24 heavy (non-hydrogen) atoms. The van der Waals surface area contributed by atoms with E-state index in [4.69, 9.17) is 14.0 Å². The van der Waals surface area contributed by atoms with Crippen LogP contribution in [0.15, 0.2) is 18.2 Å². The molecule has 2 fully saturated rings. The molecule has 0 unspecified atom stereocenters. The third-order valence-corrected chi connectivity index (χ3v) is 5.54. The van der Waals surface area contributed by atoms with Crippen LogP contribution in [0.4, 0.5) is 4.39 Å². The molecule has 1 aliphatic heterocycles. The first-order valence-electron chi connectivity index (χ1n) is 9.03. The second-order valence-electron chi connectivity index (χ2n) is 8.05. The van der Waals surface area contributed by atoms with E-state index in [1.807, 2.05) is 33.8 Å². The summed E-state index contributed by atoms with van der Waals surface area (Å²) < 4.78 is 32.1. The van der Waals surface area contributed by atoms with E-state index in [9.17, 15) is 4.39 Å². The fourth-order valence-corrected chi connectivity index (χ4v) is 3.32. The molecule has 2 aliphatic rings. The number of hydrogen-bond acceptors (Lipinski definition) is 3. The summed E-state index contributed by atoms with van der Waals surface area (Å²) in [5.74, 6) is -0.274. The van der Waals surface area contributed by atoms with Gasteiger partial charge in [0.25, 0.3) is 0 Å². The normalized spacial score (nSPS) is 23.6. The van der Waals surface area contributed by atoms with Crippen LogP contribution in [0.1, 0.15) is 65.4 Å². The Hall–Kier alpha value is -0.905. The lowest BCUT2D eigenvalue weighted by atomic mass is 9.78. The molecular weight excluding hydrogens is 306 g/mol. The molecule has 0 amide bonds. The van der Waals surface area contributed by atoms with Crippen LogP contribution >= 0.6 is 0 Å². The van der Waals surface area contributed by atoms with Gasteiger partial charge in [-0.25, -0.2) is 4.39 Å². The molecule has 0 bridgehead atoms. The van der Waals surface area contributed by atoms with Crippen molar-refractivity contribution in [3.63, 3.8) is 0 Å². The van der Waals surface area contributed by atoms with Crippen LogP contribution in [0.3, 0.4) is 0 Å². The molecule has 0 N–H and O–H groups in total. The molecule has 1 saturated heterocycles. The molecule has 3 rings (SSSR count). The first-order chi connectivity index (χ1) is 11.3. The van der Waals surface area contributed by atoms with Crippen molar-refractivity contribution >= 4 is 12.6 Å². The van der Waals surface area contributed by atoms with Crippen molar-refractivity contribution in [1.82, 2.24) is 0 Å². The summed E-state index contributed by atoms with van der Waals surface area (Å²) in [5.41, 5.74) is 0.701. The van der Waals surface area contributed by atoms with E-state index in [-0.39, 0.29) is 5.82 Å². The van der Waals surface area contributed by atoms with Gasteiger partial charge < -0.3 is 14.0 Å². The van der Waals surface area contributed by atoms with Crippen LogP contribution in [0.2, 0.25) is 0 Å². The van der Waals surface area contributed by atoms with Crippen molar-refractivity contribution in [2.45, 2.75) is 83.7 Å². The van der Waals surface area contributed by atoms with Gasteiger partial charge in [0, 0.05) is 0 Å². The topological polar surface area (TPSA) is 27.7 Å². The van der Waals surface area contributed by atoms with Gasteiger partial charge in [-0.15, -0.1) is 0 Å². The SMILES string of the molecule is CC1(C)OB(c2cc(F)cc(COC3CCCCC3)c2)OC1(C)C. The van der Waals surface area contributed by atoms with Crippen LogP contribution in [0, 0.1) is 5.82 Å². The average Bonchev–Trinajstić information content (AvgIpc) is 2.74. The van der Waals surface area contributed by atoms with Gasteiger partial charge >= 0.3 is 7.12 Å². The highest BCUT2D eigenvalue weighted by atomic mass is 19.1. The van der Waals surface area contributed by atoms with Crippen LogP contribution in [-0.4, -0.2) is 24.4 Å². The molecule has 3 nitrogen and oxygen atoms in total. The molecule has 1 aromatic rings. The van der Waals surface area contributed by atoms with Gasteiger partial charge in [0.15, 0.2) is 0 Å². The Labute approximate surface area is 145 Å². The molecule has 0 spiro atoms. The fourth-order valence-electron chi connectivity index (χ4n) is 3.32. The van der Waals surface area contributed by atoms with E-state index in [0.717, 1.165) is 23.9 Å². The summed E-state index contributed by atoms with van der Waals surface area (Å²) >= 11 is 0. The Morgan fingerprint density at radius 3 is 2.29 bits per heavy atom. The van der Waals surface area contributed by atoms with Crippen molar-refractivity contribution in [3.05, 3.63) is 29.6 Å². The van der Waals surface area contributed by atoms with E-state index in [2.05, 4.69) is 0 Å². The lowest BCUT2D eigenvalue weighted by Crippen LogP contribution is -2.41. The van der Waals surface area contributed by atoms with E-state index >= 15 is 0 Å². The molecule has 1 aromatic carbocycles. The van der Waals surface area contributed by atoms with E-state index in [1.54, 1.807) is 0 Å². The first kappa shape index (κ1) is 17.9. The Morgan fingerprint density at radius 2 is 1.67 bits per heavy atom. The Bertz CT molecular complexity index is 566. The lowest BCUT2D eigenvalue weighted by Gasteiger charge is -2.32. The number of rotatable bonds is 4. The Morgan fingerprint density at radius 1 is 1.04 bits per heavy atom. The summed E-state index contributed by atoms with van der Waals surface area (Å²) in [4.78, 5) is 0. The molecule has 0 aromatic heterocycles. The zero-order valence-electron chi connectivity index (χ0n) is 15.2. The zero-order valence-corrected chi connectivity index (χ0v) is 15.2. The van der Waals surface area contributed by atoms with Gasteiger partial charge in [-0.1, -0.05) is 25.3 Å². The second-order valence-corrected chi connectivity index (χ2v) is 8.05. The largest absolute Gasteiger partial charge is 0.494 e. The maximum Gasteiger partial charge on any atom is 0.494 e. The zero-order chi connectivity index (χ0) is 17.4. The number of hydrogen-bond donors (Lipinski definition) is 0. The first-order valence-corrected chi connectivity index (χ1v) is 9.03. The van der Waals surface area contributed by atoms with Crippen molar-refractivity contribution < 1.29 is 18.4 Å². The monoisotopic (exact) mass is 334 g/mol. The van der Waals surface area contributed by atoms with Crippen molar-refractivity contribution in [3.8, 4) is 0 Å². The fraction of sp³-hybridized carbons (Fsp3) is 0.684. The molecular formula is C19H28BFO3. The van der Waals surface area contributed by atoms with Gasteiger partial charge in [0.2, 0.25) is 0 Å². The maximum absolute atomic E-state index is 14.1. The van der Waals surface area contributed by atoms with Crippen LogP contribution in [0.5, 0.6) is 0 Å².